The van der Waals surface area contributed by atoms with Crippen molar-refractivity contribution >= 4 is 27.3 Å². The number of carbonyl (C=O) groups is 1. The molecule has 2 aromatic rings. The Kier molecular flexibility index (Phi) is 5.88. The molecule has 0 spiro atoms. The van der Waals surface area contributed by atoms with Gasteiger partial charge in [-0.3, -0.25) is 14.5 Å². The molecule has 0 aromatic carbocycles. The van der Waals surface area contributed by atoms with Crippen LogP contribution in [0.25, 0.3) is 4.96 Å². The topological polar surface area (TPSA) is 86.1 Å². The van der Waals surface area contributed by atoms with Gasteiger partial charge in [0.05, 0.1) is 0 Å². The van der Waals surface area contributed by atoms with Gasteiger partial charge in [0, 0.05) is 58.4 Å². The molecule has 28 heavy (non-hydrogen) atoms. The molecule has 0 aliphatic carbocycles. The average Bonchev–Trinajstić information content (AvgIpc) is 3.13. The molecule has 0 bridgehead atoms. The normalized spacial score (nSPS) is 19.2. The summed E-state index contributed by atoms with van der Waals surface area (Å²) in [5.41, 5.74) is -0.147. The zero-order chi connectivity index (χ0) is 19.5. The number of nitrogens with one attached hydrogen (secondary N) is 1. The molecule has 0 radical (unpaired) electrons. The van der Waals surface area contributed by atoms with Crippen molar-refractivity contribution in [1.82, 2.24) is 29.7 Å². The molecule has 2 fully saturated rings. The molecule has 4 heterocycles. The van der Waals surface area contributed by atoms with Crippen LogP contribution in [0.15, 0.2) is 10.9 Å². The van der Waals surface area contributed by atoms with Gasteiger partial charge >= 0.3 is 0 Å². The first-order valence-corrected chi connectivity index (χ1v) is 10.8. The van der Waals surface area contributed by atoms with Crippen LogP contribution in [0.2, 0.25) is 0 Å². The minimum absolute atomic E-state index is 0.257. The first-order chi connectivity index (χ1) is 13.6. The van der Waals surface area contributed by atoms with Crippen LogP contribution in [0.3, 0.4) is 0 Å². The van der Waals surface area contributed by atoms with Crippen LogP contribution >= 0.6 is 11.3 Å². The molecule has 0 saturated carbocycles. The van der Waals surface area contributed by atoms with Crippen molar-refractivity contribution in [2.24, 2.45) is 0 Å². The third-order valence-corrected chi connectivity index (χ3v) is 6.38. The lowest BCUT2D eigenvalue weighted by molar-refractivity contribution is 0.0933. The highest BCUT2D eigenvalue weighted by molar-refractivity contribution is 7.20. The Labute approximate surface area is 167 Å². The van der Waals surface area contributed by atoms with Crippen molar-refractivity contribution < 1.29 is 4.79 Å². The number of nitrogens with zero attached hydrogens (tertiary/aromatic N) is 6. The number of hydrogen-bond donors (Lipinski definition) is 1. The zero-order valence-electron chi connectivity index (χ0n) is 16.3. The van der Waals surface area contributed by atoms with Gasteiger partial charge in [0.25, 0.3) is 11.5 Å². The molecule has 2 aliphatic rings. The lowest BCUT2D eigenvalue weighted by Gasteiger charge is -2.32. The summed E-state index contributed by atoms with van der Waals surface area (Å²) in [7, 11) is 2.12. The van der Waals surface area contributed by atoms with E-state index in [1.165, 1.54) is 28.3 Å². The first kappa shape index (κ1) is 19.3. The molecule has 1 amide bonds. The van der Waals surface area contributed by atoms with E-state index in [0.717, 1.165) is 63.8 Å². The number of likely N-dealkylation sites (N-methyl/N-ethyl adjacent to an activating group) is 1. The lowest BCUT2D eigenvalue weighted by Crippen LogP contribution is -2.47. The Bertz CT molecular complexity index is 882. The number of aromatic nitrogens is 3. The molecular formula is C18H27N7O2S. The fraction of sp³-hybridized carbons (Fsp3) is 0.667. The predicted molar refractivity (Wildman–Crippen MR) is 109 cm³/mol. The number of hydrogen-bond acceptors (Lipinski definition) is 8. The summed E-state index contributed by atoms with van der Waals surface area (Å²) in [5.74, 6) is -0.279. The van der Waals surface area contributed by atoms with Gasteiger partial charge in [0.15, 0.2) is 0 Å². The van der Waals surface area contributed by atoms with E-state index in [9.17, 15) is 9.59 Å². The number of piperazine rings is 1. The van der Waals surface area contributed by atoms with Crippen LogP contribution in [0.1, 0.15) is 29.8 Å². The maximum atomic E-state index is 12.7. The molecule has 4 rings (SSSR count). The molecule has 152 valence electrons. The molecule has 2 saturated heterocycles. The van der Waals surface area contributed by atoms with Gasteiger partial charge in [-0.25, -0.2) is 0 Å². The second-order valence-electron chi connectivity index (χ2n) is 7.51. The summed E-state index contributed by atoms with van der Waals surface area (Å²) >= 11 is 1.37. The van der Waals surface area contributed by atoms with Crippen LogP contribution < -0.4 is 15.8 Å². The van der Waals surface area contributed by atoms with E-state index >= 15 is 0 Å². The van der Waals surface area contributed by atoms with Crippen LogP contribution in [0, 0.1) is 0 Å². The van der Waals surface area contributed by atoms with Crippen LogP contribution in [-0.2, 0) is 0 Å². The van der Waals surface area contributed by atoms with Crippen molar-refractivity contribution in [1.29, 1.82) is 0 Å². The number of anilines is 1. The third kappa shape index (κ3) is 4.34. The van der Waals surface area contributed by atoms with Gasteiger partial charge in [-0.1, -0.05) is 11.3 Å². The molecule has 10 heteroatoms. The van der Waals surface area contributed by atoms with E-state index in [1.54, 1.807) is 0 Å². The summed E-state index contributed by atoms with van der Waals surface area (Å²) in [6, 6.07) is 1.28. The Hall–Kier alpha value is -2.04. The number of carbonyl (C=O) groups excluding carboxylic acids is 1. The van der Waals surface area contributed by atoms with Crippen LogP contribution in [-0.4, -0.2) is 89.7 Å². The Balaban J connectivity index is 1.45. The van der Waals surface area contributed by atoms with Crippen LogP contribution in [0.5, 0.6) is 0 Å². The van der Waals surface area contributed by atoms with Gasteiger partial charge in [-0.15, -0.1) is 5.10 Å². The summed E-state index contributed by atoms with van der Waals surface area (Å²) < 4.78 is 1.52. The van der Waals surface area contributed by atoms with Gasteiger partial charge in [-0.2, -0.15) is 9.50 Å². The van der Waals surface area contributed by atoms with Gasteiger partial charge < -0.3 is 15.1 Å². The Morgan fingerprint density at radius 3 is 2.64 bits per heavy atom. The maximum Gasteiger partial charge on any atom is 0.274 e. The van der Waals surface area contributed by atoms with Gasteiger partial charge in [0.2, 0.25) is 10.1 Å². The van der Waals surface area contributed by atoms with Crippen molar-refractivity contribution in [3.63, 3.8) is 0 Å². The fourth-order valence-corrected chi connectivity index (χ4v) is 4.63. The van der Waals surface area contributed by atoms with Crippen molar-refractivity contribution in [3.8, 4) is 0 Å². The summed E-state index contributed by atoms with van der Waals surface area (Å²) in [5, 5.41) is 8.35. The Morgan fingerprint density at radius 2 is 1.89 bits per heavy atom. The SMILES string of the molecule is CN1CCN(CCNC(=O)c2cc(=O)nc3sc(N4CCCCC4)nn23)CC1. The lowest BCUT2D eigenvalue weighted by atomic mass is 10.1. The van der Waals surface area contributed by atoms with Crippen LogP contribution in [0.4, 0.5) is 5.13 Å². The van der Waals surface area contributed by atoms with E-state index in [1.807, 2.05) is 0 Å². The number of rotatable bonds is 5. The summed E-state index contributed by atoms with van der Waals surface area (Å²) in [4.78, 5) is 36.1. The van der Waals surface area contributed by atoms with Crippen molar-refractivity contribution in [2.75, 3.05) is 64.3 Å². The maximum absolute atomic E-state index is 12.7. The molecule has 2 aromatic heterocycles. The molecule has 1 N–H and O–H groups in total. The highest BCUT2D eigenvalue weighted by Gasteiger charge is 2.20. The summed E-state index contributed by atoms with van der Waals surface area (Å²) in [6.45, 7) is 7.38. The molecular weight excluding hydrogens is 378 g/mol. The van der Waals surface area contributed by atoms with E-state index < -0.39 is 5.56 Å². The average molecular weight is 406 g/mol. The van der Waals surface area contributed by atoms with Crippen molar-refractivity contribution in [3.05, 3.63) is 22.1 Å². The third-order valence-electron chi connectivity index (χ3n) is 5.41. The first-order valence-electron chi connectivity index (χ1n) is 9.95. The standard InChI is InChI=1S/C18H27N7O2S/c1-22-9-11-23(12-10-22)8-5-19-16(27)14-13-15(26)20-17-25(14)21-18(28-17)24-6-3-2-4-7-24/h13H,2-12H2,1H3,(H,19,27). The minimum Gasteiger partial charge on any atom is -0.349 e. The smallest absolute Gasteiger partial charge is 0.274 e. The summed E-state index contributed by atoms with van der Waals surface area (Å²) in [6.07, 6.45) is 3.51. The number of piperidine rings is 1. The van der Waals surface area contributed by atoms with E-state index in [4.69, 9.17) is 0 Å². The minimum atomic E-state index is -0.405. The van der Waals surface area contributed by atoms with E-state index in [-0.39, 0.29) is 11.6 Å². The second-order valence-corrected chi connectivity index (χ2v) is 8.44. The predicted octanol–water partition coefficient (Wildman–Crippen LogP) is 0.119. The molecule has 0 atom stereocenters. The highest BCUT2D eigenvalue weighted by atomic mass is 32.1. The fourth-order valence-electron chi connectivity index (χ4n) is 3.67. The van der Waals surface area contributed by atoms with E-state index in [0.29, 0.717) is 11.5 Å². The Morgan fingerprint density at radius 1 is 1.14 bits per heavy atom. The van der Waals surface area contributed by atoms with Gasteiger partial charge in [0.1, 0.15) is 5.69 Å². The highest BCUT2D eigenvalue weighted by Crippen LogP contribution is 2.25. The number of amides is 1. The quantitative estimate of drug-likeness (QED) is 0.756. The zero-order valence-corrected chi connectivity index (χ0v) is 17.1. The van der Waals surface area contributed by atoms with E-state index in [2.05, 4.69) is 37.1 Å². The van der Waals surface area contributed by atoms with Crippen molar-refractivity contribution in [2.45, 2.75) is 19.3 Å². The molecule has 0 unspecified atom stereocenters. The second kappa shape index (κ2) is 8.54. The molecule has 9 nitrogen and oxygen atoms in total. The molecule has 2 aliphatic heterocycles. The monoisotopic (exact) mass is 405 g/mol. The largest absolute Gasteiger partial charge is 0.349 e. The number of fused-ring (bicyclic) bond motifs is 1. The van der Waals surface area contributed by atoms with Gasteiger partial charge in [-0.05, 0) is 26.3 Å².